The van der Waals surface area contributed by atoms with Gasteiger partial charge in [0.25, 0.3) is 0 Å². The first kappa shape index (κ1) is 12.8. The van der Waals surface area contributed by atoms with E-state index in [4.69, 9.17) is 9.47 Å². The van der Waals surface area contributed by atoms with E-state index in [1.165, 1.54) is 12.1 Å². The van der Waals surface area contributed by atoms with E-state index < -0.39 is 5.79 Å². The molecule has 0 radical (unpaired) electrons. The van der Waals surface area contributed by atoms with E-state index in [0.29, 0.717) is 6.54 Å². The number of hydrogen-bond donors (Lipinski definition) is 1. The standard InChI is InChI=1S/C16H16FNO2/c1-16(2)19-14-8-7-13(9-15(14)20-16)18-10-11-3-5-12(17)6-4-11/h3-9,18H,10H2,1-2H3. The Hall–Kier alpha value is -2.23. The average Bonchev–Trinajstić information content (AvgIpc) is 2.71. The van der Waals surface area contributed by atoms with Gasteiger partial charge in [-0.3, -0.25) is 0 Å². The van der Waals surface area contributed by atoms with Gasteiger partial charge in [-0.1, -0.05) is 12.1 Å². The highest BCUT2D eigenvalue weighted by molar-refractivity contribution is 5.56. The van der Waals surface area contributed by atoms with Gasteiger partial charge in [0.15, 0.2) is 11.5 Å². The first-order chi connectivity index (χ1) is 9.52. The van der Waals surface area contributed by atoms with Crippen molar-refractivity contribution in [2.45, 2.75) is 26.2 Å². The minimum Gasteiger partial charge on any atom is -0.449 e. The molecule has 0 unspecified atom stereocenters. The summed E-state index contributed by atoms with van der Waals surface area (Å²) in [7, 11) is 0. The number of nitrogens with one attached hydrogen (secondary N) is 1. The molecule has 1 N–H and O–H groups in total. The summed E-state index contributed by atoms with van der Waals surface area (Å²) in [4.78, 5) is 0. The van der Waals surface area contributed by atoms with Crippen LogP contribution in [0.15, 0.2) is 42.5 Å². The van der Waals surface area contributed by atoms with Crippen molar-refractivity contribution >= 4 is 5.69 Å². The summed E-state index contributed by atoms with van der Waals surface area (Å²) in [6.07, 6.45) is 0. The van der Waals surface area contributed by atoms with Crippen molar-refractivity contribution in [1.29, 1.82) is 0 Å². The lowest BCUT2D eigenvalue weighted by Gasteiger charge is -2.16. The summed E-state index contributed by atoms with van der Waals surface area (Å²) in [6, 6.07) is 12.2. The zero-order valence-electron chi connectivity index (χ0n) is 11.4. The Morgan fingerprint density at radius 2 is 1.70 bits per heavy atom. The molecule has 0 saturated heterocycles. The zero-order chi connectivity index (χ0) is 14.2. The van der Waals surface area contributed by atoms with Gasteiger partial charge in [-0.2, -0.15) is 0 Å². The van der Waals surface area contributed by atoms with E-state index in [1.807, 2.05) is 32.0 Å². The van der Waals surface area contributed by atoms with Crippen LogP contribution in [0.3, 0.4) is 0 Å². The van der Waals surface area contributed by atoms with Crippen LogP contribution in [-0.4, -0.2) is 5.79 Å². The molecule has 3 rings (SSSR count). The van der Waals surface area contributed by atoms with E-state index >= 15 is 0 Å². The number of halogens is 1. The molecule has 1 aliphatic rings. The van der Waals surface area contributed by atoms with E-state index in [2.05, 4.69) is 5.32 Å². The van der Waals surface area contributed by atoms with Gasteiger partial charge in [0, 0.05) is 32.1 Å². The number of anilines is 1. The Morgan fingerprint density at radius 3 is 2.45 bits per heavy atom. The van der Waals surface area contributed by atoms with Gasteiger partial charge in [0.05, 0.1) is 0 Å². The van der Waals surface area contributed by atoms with Crippen LogP contribution in [0.4, 0.5) is 10.1 Å². The van der Waals surface area contributed by atoms with Crippen LogP contribution in [0.2, 0.25) is 0 Å². The van der Waals surface area contributed by atoms with E-state index in [1.54, 1.807) is 12.1 Å². The van der Waals surface area contributed by atoms with Crippen LogP contribution in [0.1, 0.15) is 19.4 Å². The van der Waals surface area contributed by atoms with E-state index in [0.717, 1.165) is 22.7 Å². The molecule has 4 heteroatoms. The molecule has 0 spiro atoms. The van der Waals surface area contributed by atoms with Crippen LogP contribution >= 0.6 is 0 Å². The zero-order valence-corrected chi connectivity index (χ0v) is 11.4. The van der Waals surface area contributed by atoms with Crippen molar-refractivity contribution in [3.05, 3.63) is 53.8 Å². The van der Waals surface area contributed by atoms with Crippen molar-refractivity contribution < 1.29 is 13.9 Å². The average molecular weight is 273 g/mol. The van der Waals surface area contributed by atoms with Gasteiger partial charge in [0.1, 0.15) is 5.82 Å². The normalized spacial score (nSPS) is 15.2. The van der Waals surface area contributed by atoms with Gasteiger partial charge in [-0.05, 0) is 29.8 Å². The van der Waals surface area contributed by atoms with Crippen molar-refractivity contribution in [3.63, 3.8) is 0 Å². The smallest absolute Gasteiger partial charge is 0.246 e. The van der Waals surface area contributed by atoms with Gasteiger partial charge in [-0.15, -0.1) is 0 Å². The summed E-state index contributed by atoms with van der Waals surface area (Å²) < 4.78 is 24.1. The molecule has 0 atom stereocenters. The van der Waals surface area contributed by atoms with Crippen LogP contribution in [0.5, 0.6) is 11.5 Å². The highest BCUT2D eigenvalue weighted by Gasteiger charge is 2.31. The molecule has 0 aromatic heterocycles. The minimum absolute atomic E-state index is 0.223. The third-order valence-corrected chi connectivity index (χ3v) is 3.07. The van der Waals surface area contributed by atoms with E-state index in [9.17, 15) is 4.39 Å². The largest absolute Gasteiger partial charge is 0.449 e. The Morgan fingerprint density at radius 1 is 1.00 bits per heavy atom. The first-order valence-electron chi connectivity index (χ1n) is 6.52. The molecule has 104 valence electrons. The number of benzene rings is 2. The second kappa shape index (κ2) is 4.71. The summed E-state index contributed by atoms with van der Waals surface area (Å²) in [5, 5.41) is 3.28. The Bertz CT molecular complexity index is 623. The maximum Gasteiger partial charge on any atom is 0.246 e. The topological polar surface area (TPSA) is 30.5 Å². The molecule has 2 aromatic carbocycles. The highest BCUT2D eigenvalue weighted by atomic mass is 19.1. The van der Waals surface area contributed by atoms with Crippen molar-refractivity contribution in [3.8, 4) is 11.5 Å². The number of ether oxygens (including phenoxy) is 2. The summed E-state index contributed by atoms with van der Waals surface area (Å²) >= 11 is 0. The van der Waals surface area contributed by atoms with E-state index in [-0.39, 0.29) is 5.82 Å². The summed E-state index contributed by atoms with van der Waals surface area (Å²) in [6.45, 7) is 4.38. The van der Waals surface area contributed by atoms with Crippen LogP contribution in [0.25, 0.3) is 0 Å². The lowest BCUT2D eigenvalue weighted by molar-refractivity contribution is -0.0431. The molecule has 0 saturated carbocycles. The molecule has 0 fully saturated rings. The molecular weight excluding hydrogens is 257 g/mol. The molecule has 2 aromatic rings. The SMILES string of the molecule is CC1(C)Oc2ccc(NCc3ccc(F)cc3)cc2O1. The van der Waals surface area contributed by atoms with Gasteiger partial charge in [0.2, 0.25) is 5.79 Å². The fraction of sp³-hybridized carbons (Fsp3) is 0.250. The van der Waals surface area contributed by atoms with Gasteiger partial charge < -0.3 is 14.8 Å². The summed E-state index contributed by atoms with van der Waals surface area (Å²) in [5.74, 6) is 0.651. The molecular formula is C16H16FNO2. The number of hydrogen-bond acceptors (Lipinski definition) is 3. The second-order valence-electron chi connectivity index (χ2n) is 5.25. The van der Waals surface area contributed by atoms with Crippen LogP contribution in [0, 0.1) is 5.82 Å². The number of fused-ring (bicyclic) bond motifs is 1. The highest BCUT2D eigenvalue weighted by Crippen LogP contribution is 2.40. The Labute approximate surface area is 117 Å². The molecule has 3 nitrogen and oxygen atoms in total. The van der Waals surface area contributed by atoms with Crippen molar-refractivity contribution in [1.82, 2.24) is 0 Å². The molecule has 20 heavy (non-hydrogen) atoms. The second-order valence-corrected chi connectivity index (χ2v) is 5.25. The lowest BCUT2D eigenvalue weighted by Crippen LogP contribution is -2.29. The summed E-state index contributed by atoms with van der Waals surface area (Å²) in [5.41, 5.74) is 1.96. The minimum atomic E-state index is -0.613. The molecule has 1 aliphatic heterocycles. The predicted molar refractivity (Wildman–Crippen MR) is 75.5 cm³/mol. The number of rotatable bonds is 3. The molecule has 0 aliphatic carbocycles. The van der Waals surface area contributed by atoms with Crippen molar-refractivity contribution in [2.75, 3.05) is 5.32 Å². The van der Waals surface area contributed by atoms with Crippen molar-refractivity contribution in [2.24, 2.45) is 0 Å². The molecule has 0 amide bonds. The van der Waals surface area contributed by atoms with Gasteiger partial charge in [-0.25, -0.2) is 4.39 Å². The van der Waals surface area contributed by atoms with Crippen LogP contribution < -0.4 is 14.8 Å². The van der Waals surface area contributed by atoms with Gasteiger partial charge >= 0.3 is 0 Å². The Balaban J connectivity index is 1.69. The third kappa shape index (κ3) is 2.69. The predicted octanol–water partition coefficient (Wildman–Crippen LogP) is 3.95. The van der Waals surface area contributed by atoms with Crippen LogP contribution in [-0.2, 0) is 6.54 Å². The monoisotopic (exact) mass is 273 g/mol. The maximum atomic E-state index is 12.8. The maximum absolute atomic E-state index is 12.8. The fourth-order valence-electron chi connectivity index (χ4n) is 2.14. The third-order valence-electron chi connectivity index (χ3n) is 3.07. The molecule has 1 heterocycles. The fourth-order valence-corrected chi connectivity index (χ4v) is 2.14. The lowest BCUT2D eigenvalue weighted by atomic mass is 10.2. The quantitative estimate of drug-likeness (QED) is 0.918. The first-order valence-corrected chi connectivity index (χ1v) is 6.52. The Kier molecular flexibility index (Phi) is 3.01. The molecule has 0 bridgehead atoms.